The maximum absolute atomic E-state index is 12.2. The van der Waals surface area contributed by atoms with E-state index in [1.807, 2.05) is 24.3 Å². The van der Waals surface area contributed by atoms with Crippen LogP contribution >= 0.6 is 0 Å². The largest absolute Gasteiger partial charge is 0.496 e. The first-order chi connectivity index (χ1) is 11.7. The lowest BCUT2D eigenvalue weighted by Gasteiger charge is -2.27. The summed E-state index contributed by atoms with van der Waals surface area (Å²) in [4.78, 5) is 29.7. The molecule has 7 heteroatoms. The maximum Gasteiger partial charge on any atom is 0.266 e. The van der Waals surface area contributed by atoms with Gasteiger partial charge in [-0.2, -0.15) is 0 Å². The van der Waals surface area contributed by atoms with Gasteiger partial charge in [0.1, 0.15) is 12.3 Å². The van der Waals surface area contributed by atoms with E-state index in [9.17, 15) is 9.59 Å². The highest BCUT2D eigenvalue weighted by molar-refractivity contribution is 6.01. The average Bonchev–Trinajstić information content (AvgIpc) is 2.62. The molecule has 2 heterocycles. The summed E-state index contributed by atoms with van der Waals surface area (Å²) < 4.78 is 10.6. The van der Waals surface area contributed by atoms with Crippen molar-refractivity contribution >= 4 is 17.6 Å². The van der Waals surface area contributed by atoms with Crippen molar-refractivity contribution in [3.63, 3.8) is 0 Å². The number of rotatable bonds is 5. The van der Waals surface area contributed by atoms with E-state index in [2.05, 4.69) is 10.3 Å². The van der Waals surface area contributed by atoms with Gasteiger partial charge >= 0.3 is 0 Å². The Morgan fingerprint density at radius 1 is 1.33 bits per heavy atom. The van der Waals surface area contributed by atoms with Crippen LogP contribution in [0.1, 0.15) is 5.56 Å². The van der Waals surface area contributed by atoms with E-state index in [0.717, 1.165) is 5.56 Å². The fourth-order valence-corrected chi connectivity index (χ4v) is 2.44. The van der Waals surface area contributed by atoms with Crippen molar-refractivity contribution in [3.05, 3.63) is 48.2 Å². The molecule has 124 valence electrons. The SMILES string of the molecule is COc1ccccc1CNC(=O)CN1C(=O)COc2cccnc21. The number of amides is 2. The molecule has 0 fully saturated rings. The first-order valence-electron chi connectivity index (χ1n) is 7.46. The molecular formula is C17H17N3O4. The summed E-state index contributed by atoms with van der Waals surface area (Å²) in [5.41, 5.74) is 0.861. The van der Waals surface area contributed by atoms with E-state index in [1.54, 1.807) is 25.4 Å². The Hall–Kier alpha value is -3.09. The molecule has 1 aromatic heterocycles. The summed E-state index contributed by atoms with van der Waals surface area (Å²) in [6.45, 7) is 0.107. The van der Waals surface area contributed by atoms with Gasteiger partial charge in [0.2, 0.25) is 5.91 Å². The predicted molar refractivity (Wildman–Crippen MR) is 86.9 cm³/mol. The van der Waals surface area contributed by atoms with E-state index in [-0.39, 0.29) is 25.0 Å². The molecule has 0 atom stereocenters. The lowest BCUT2D eigenvalue weighted by molar-refractivity contribution is -0.125. The number of carbonyl (C=O) groups excluding carboxylic acids is 2. The number of para-hydroxylation sites is 1. The molecule has 0 aliphatic carbocycles. The normalized spacial score (nSPS) is 13.0. The molecule has 0 saturated heterocycles. The Balaban J connectivity index is 1.66. The number of benzene rings is 1. The number of anilines is 1. The van der Waals surface area contributed by atoms with Gasteiger partial charge in [-0.15, -0.1) is 0 Å². The third-order valence-corrected chi connectivity index (χ3v) is 3.63. The van der Waals surface area contributed by atoms with Gasteiger partial charge in [-0.3, -0.25) is 14.5 Å². The second-order valence-corrected chi connectivity index (χ2v) is 5.18. The van der Waals surface area contributed by atoms with Gasteiger partial charge in [0.25, 0.3) is 5.91 Å². The number of aromatic nitrogens is 1. The maximum atomic E-state index is 12.2. The Morgan fingerprint density at radius 2 is 2.17 bits per heavy atom. The summed E-state index contributed by atoms with van der Waals surface area (Å²) in [5, 5.41) is 2.79. The van der Waals surface area contributed by atoms with Crippen LogP contribution in [0, 0.1) is 0 Å². The van der Waals surface area contributed by atoms with Gasteiger partial charge in [0.15, 0.2) is 18.2 Å². The molecule has 0 radical (unpaired) electrons. The van der Waals surface area contributed by atoms with Gasteiger partial charge in [-0.25, -0.2) is 4.98 Å². The third kappa shape index (κ3) is 3.29. The predicted octanol–water partition coefficient (Wildman–Crippen LogP) is 1.13. The van der Waals surface area contributed by atoms with E-state index in [1.165, 1.54) is 4.90 Å². The van der Waals surface area contributed by atoms with E-state index in [0.29, 0.717) is 23.9 Å². The zero-order valence-electron chi connectivity index (χ0n) is 13.2. The Bertz CT molecular complexity index is 763. The number of fused-ring (bicyclic) bond motifs is 1. The van der Waals surface area contributed by atoms with Crippen molar-refractivity contribution in [1.82, 2.24) is 10.3 Å². The number of hydrogen-bond donors (Lipinski definition) is 1. The van der Waals surface area contributed by atoms with E-state index >= 15 is 0 Å². The highest BCUT2D eigenvalue weighted by Crippen LogP contribution is 2.28. The van der Waals surface area contributed by atoms with Crippen LogP contribution < -0.4 is 19.7 Å². The minimum atomic E-state index is -0.298. The van der Waals surface area contributed by atoms with Crippen LogP contribution in [-0.4, -0.2) is 37.1 Å². The average molecular weight is 327 g/mol. The molecule has 1 aliphatic rings. The lowest BCUT2D eigenvalue weighted by Crippen LogP contribution is -2.45. The molecule has 2 amide bonds. The monoisotopic (exact) mass is 327 g/mol. The number of ether oxygens (including phenoxy) is 2. The number of nitrogens with zero attached hydrogens (tertiary/aromatic N) is 2. The van der Waals surface area contributed by atoms with Gasteiger partial charge in [0, 0.05) is 18.3 Å². The summed E-state index contributed by atoms with van der Waals surface area (Å²) in [7, 11) is 1.58. The van der Waals surface area contributed by atoms with Crippen LogP contribution in [0.25, 0.3) is 0 Å². The quantitative estimate of drug-likeness (QED) is 0.890. The van der Waals surface area contributed by atoms with Crippen LogP contribution in [0.2, 0.25) is 0 Å². The minimum Gasteiger partial charge on any atom is -0.496 e. The molecule has 1 aromatic carbocycles. The molecular weight excluding hydrogens is 310 g/mol. The number of pyridine rings is 1. The van der Waals surface area contributed by atoms with Crippen LogP contribution in [0.15, 0.2) is 42.6 Å². The third-order valence-electron chi connectivity index (χ3n) is 3.63. The second-order valence-electron chi connectivity index (χ2n) is 5.18. The number of nitrogens with one attached hydrogen (secondary N) is 1. The number of methoxy groups -OCH3 is 1. The molecule has 3 rings (SSSR count). The van der Waals surface area contributed by atoms with Gasteiger partial charge in [-0.05, 0) is 18.2 Å². The topological polar surface area (TPSA) is 80.8 Å². The number of hydrogen-bond acceptors (Lipinski definition) is 5. The van der Waals surface area contributed by atoms with Gasteiger partial charge in [0.05, 0.1) is 7.11 Å². The first kappa shape index (κ1) is 15.8. The summed E-state index contributed by atoms with van der Waals surface area (Å²) >= 11 is 0. The lowest BCUT2D eigenvalue weighted by atomic mass is 10.2. The Labute approximate surface area is 139 Å². The smallest absolute Gasteiger partial charge is 0.266 e. The van der Waals surface area contributed by atoms with Crippen LogP contribution in [-0.2, 0) is 16.1 Å². The molecule has 0 bridgehead atoms. The fourth-order valence-electron chi connectivity index (χ4n) is 2.44. The second kappa shape index (κ2) is 6.99. The van der Waals surface area contributed by atoms with Crippen LogP contribution in [0.5, 0.6) is 11.5 Å². The minimum absolute atomic E-state index is 0.0987. The van der Waals surface area contributed by atoms with Crippen molar-refractivity contribution in [1.29, 1.82) is 0 Å². The van der Waals surface area contributed by atoms with Crippen molar-refractivity contribution < 1.29 is 19.1 Å². The van der Waals surface area contributed by atoms with Crippen LogP contribution in [0.4, 0.5) is 5.82 Å². The number of carbonyl (C=O) groups is 2. The summed E-state index contributed by atoms with van der Waals surface area (Å²) in [5.74, 6) is 0.976. The molecule has 2 aromatic rings. The van der Waals surface area contributed by atoms with Crippen molar-refractivity contribution in [2.45, 2.75) is 6.54 Å². The molecule has 0 spiro atoms. The van der Waals surface area contributed by atoms with Crippen molar-refractivity contribution in [2.24, 2.45) is 0 Å². The highest BCUT2D eigenvalue weighted by atomic mass is 16.5. The molecule has 1 aliphatic heterocycles. The zero-order chi connectivity index (χ0) is 16.9. The van der Waals surface area contributed by atoms with Crippen LogP contribution in [0.3, 0.4) is 0 Å². The van der Waals surface area contributed by atoms with Gasteiger partial charge < -0.3 is 14.8 Å². The Kier molecular flexibility index (Phi) is 4.60. The molecule has 7 nitrogen and oxygen atoms in total. The molecule has 0 unspecified atom stereocenters. The fraction of sp³-hybridized carbons (Fsp3) is 0.235. The molecule has 0 saturated carbocycles. The van der Waals surface area contributed by atoms with Gasteiger partial charge in [-0.1, -0.05) is 18.2 Å². The van der Waals surface area contributed by atoms with E-state index < -0.39 is 0 Å². The summed E-state index contributed by atoms with van der Waals surface area (Å²) in [6.07, 6.45) is 1.56. The zero-order valence-corrected chi connectivity index (χ0v) is 13.2. The molecule has 1 N–H and O–H groups in total. The Morgan fingerprint density at radius 3 is 3.00 bits per heavy atom. The van der Waals surface area contributed by atoms with Crippen molar-refractivity contribution in [2.75, 3.05) is 25.2 Å². The highest BCUT2D eigenvalue weighted by Gasteiger charge is 2.28. The van der Waals surface area contributed by atoms with Crippen molar-refractivity contribution in [3.8, 4) is 11.5 Å². The standard InChI is InChI=1S/C17H17N3O4/c1-23-13-6-3-2-5-12(13)9-19-15(21)10-20-16(22)11-24-14-7-4-8-18-17(14)20/h2-8H,9-11H2,1H3,(H,19,21). The first-order valence-corrected chi connectivity index (χ1v) is 7.46. The van der Waals surface area contributed by atoms with E-state index in [4.69, 9.17) is 9.47 Å². The molecule has 24 heavy (non-hydrogen) atoms. The summed E-state index contributed by atoms with van der Waals surface area (Å²) in [6, 6.07) is 10.9.